The summed E-state index contributed by atoms with van der Waals surface area (Å²) in [4.78, 5) is 24.9. The van der Waals surface area contributed by atoms with Crippen molar-refractivity contribution in [3.63, 3.8) is 0 Å². The molecule has 0 saturated carbocycles. The number of methoxy groups -OCH3 is 1. The predicted octanol–water partition coefficient (Wildman–Crippen LogP) is 2.26. The summed E-state index contributed by atoms with van der Waals surface area (Å²) in [6.07, 6.45) is 3.40. The van der Waals surface area contributed by atoms with Crippen LogP contribution >= 0.6 is 0 Å². The number of aliphatic carboxylic acids is 1. The van der Waals surface area contributed by atoms with Crippen LogP contribution in [0.25, 0.3) is 0 Å². The summed E-state index contributed by atoms with van der Waals surface area (Å²) in [7, 11) is 1.62. The van der Waals surface area contributed by atoms with E-state index in [9.17, 15) is 9.59 Å². The van der Waals surface area contributed by atoms with Gasteiger partial charge in [0, 0.05) is 12.6 Å². The Morgan fingerprint density at radius 3 is 2.82 bits per heavy atom. The average Bonchev–Trinajstić information content (AvgIpc) is 2.97. The average molecular weight is 303 g/mol. The summed E-state index contributed by atoms with van der Waals surface area (Å²) in [5.74, 6) is -0.369. The van der Waals surface area contributed by atoms with Gasteiger partial charge in [0.25, 0.3) is 0 Å². The number of carboxylic acids is 1. The van der Waals surface area contributed by atoms with Crippen LogP contribution in [-0.2, 0) is 16.0 Å². The van der Waals surface area contributed by atoms with Crippen LogP contribution in [-0.4, -0.2) is 41.6 Å². The molecule has 5 heteroatoms. The van der Waals surface area contributed by atoms with E-state index < -0.39 is 12.0 Å². The van der Waals surface area contributed by atoms with E-state index in [1.807, 2.05) is 31.2 Å². The molecular weight excluding hydrogens is 282 g/mol. The van der Waals surface area contributed by atoms with Gasteiger partial charge in [0.2, 0.25) is 5.91 Å². The lowest BCUT2D eigenvalue weighted by atomic mass is 10.0. The number of allylic oxidation sites excluding steroid dienone is 1. The van der Waals surface area contributed by atoms with Crippen molar-refractivity contribution in [3.05, 3.63) is 41.5 Å². The molecule has 1 fully saturated rings. The Morgan fingerprint density at radius 1 is 1.41 bits per heavy atom. The Hall–Kier alpha value is -2.30. The first kappa shape index (κ1) is 16.1. The number of hydrogen-bond acceptors (Lipinski definition) is 3. The van der Waals surface area contributed by atoms with Crippen LogP contribution in [0.1, 0.15) is 25.3 Å². The zero-order valence-electron chi connectivity index (χ0n) is 12.9. The monoisotopic (exact) mass is 303 g/mol. The molecule has 1 amide bonds. The van der Waals surface area contributed by atoms with E-state index in [1.54, 1.807) is 7.11 Å². The van der Waals surface area contributed by atoms with Crippen molar-refractivity contribution in [1.29, 1.82) is 0 Å². The first-order valence-corrected chi connectivity index (χ1v) is 7.35. The van der Waals surface area contributed by atoms with Gasteiger partial charge in [-0.2, -0.15) is 0 Å². The van der Waals surface area contributed by atoms with Crippen LogP contribution in [0.5, 0.6) is 5.75 Å². The zero-order valence-corrected chi connectivity index (χ0v) is 12.9. The quantitative estimate of drug-likeness (QED) is 0.847. The minimum atomic E-state index is -0.929. The van der Waals surface area contributed by atoms with Crippen molar-refractivity contribution >= 4 is 11.9 Å². The predicted molar refractivity (Wildman–Crippen MR) is 82.8 cm³/mol. The molecule has 1 aromatic carbocycles. The molecule has 0 unspecified atom stereocenters. The van der Waals surface area contributed by atoms with Gasteiger partial charge in [0.15, 0.2) is 0 Å². The minimum absolute atomic E-state index is 0.225. The molecule has 0 aromatic heterocycles. The first-order valence-electron chi connectivity index (χ1n) is 7.35. The molecule has 5 nitrogen and oxygen atoms in total. The van der Waals surface area contributed by atoms with Gasteiger partial charge in [-0.15, -0.1) is 0 Å². The maximum Gasteiger partial charge on any atom is 0.326 e. The number of nitrogens with zero attached hydrogens (tertiary/aromatic N) is 1. The fourth-order valence-corrected chi connectivity index (χ4v) is 2.78. The molecule has 0 radical (unpaired) electrons. The number of carboxylic acid groups (broad SMARTS) is 1. The molecule has 0 aliphatic carbocycles. The number of hydrogen-bond donors (Lipinski definition) is 1. The van der Waals surface area contributed by atoms with Gasteiger partial charge in [0.1, 0.15) is 11.8 Å². The third-order valence-corrected chi connectivity index (χ3v) is 3.85. The Bertz CT molecular complexity index is 594. The summed E-state index contributed by atoms with van der Waals surface area (Å²) in [5.41, 5.74) is 1.88. The number of carbonyl (C=O) groups excluding carboxylic acids is 1. The second-order valence-corrected chi connectivity index (χ2v) is 5.51. The highest BCUT2D eigenvalue weighted by Gasteiger charge is 2.32. The van der Waals surface area contributed by atoms with Gasteiger partial charge in [-0.1, -0.05) is 23.8 Å². The number of likely N-dealkylation sites (tertiary alicyclic amines) is 1. The fourth-order valence-electron chi connectivity index (χ4n) is 2.78. The first-order chi connectivity index (χ1) is 10.5. The second kappa shape index (κ2) is 7.11. The third kappa shape index (κ3) is 3.67. The molecule has 22 heavy (non-hydrogen) atoms. The van der Waals surface area contributed by atoms with Crippen LogP contribution in [0, 0.1) is 0 Å². The van der Waals surface area contributed by atoms with E-state index in [0.717, 1.165) is 23.3 Å². The van der Waals surface area contributed by atoms with Crippen molar-refractivity contribution in [3.8, 4) is 5.75 Å². The highest BCUT2D eigenvalue weighted by atomic mass is 16.5. The molecule has 1 aliphatic rings. The van der Waals surface area contributed by atoms with Gasteiger partial charge < -0.3 is 14.7 Å². The molecule has 2 rings (SSSR count). The minimum Gasteiger partial charge on any atom is -0.496 e. The van der Waals surface area contributed by atoms with E-state index in [1.165, 1.54) is 11.0 Å². The Labute approximate surface area is 130 Å². The fraction of sp³-hybridized carbons (Fsp3) is 0.412. The number of ether oxygens (including phenoxy) is 1. The Morgan fingerprint density at radius 2 is 2.14 bits per heavy atom. The molecule has 0 bridgehead atoms. The lowest BCUT2D eigenvalue weighted by Gasteiger charge is -2.20. The maximum absolute atomic E-state index is 12.3. The molecule has 0 spiro atoms. The van der Waals surface area contributed by atoms with Gasteiger partial charge in [0.05, 0.1) is 7.11 Å². The summed E-state index contributed by atoms with van der Waals surface area (Å²) >= 11 is 0. The van der Waals surface area contributed by atoms with Gasteiger partial charge in [-0.05, 0) is 37.8 Å². The van der Waals surface area contributed by atoms with E-state index in [0.29, 0.717) is 19.4 Å². The highest BCUT2D eigenvalue weighted by Crippen LogP contribution is 2.22. The lowest BCUT2D eigenvalue weighted by molar-refractivity contribution is -0.146. The van der Waals surface area contributed by atoms with Crippen LogP contribution in [0.2, 0.25) is 0 Å². The molecule has 1 aromatic rings. The number of rotatable bonds is 5. The van der Waals surface area contributed by atoms with Crippen molar-refractivity contribution in [2.24, 2.45) is 0 Å². The van der Waals surface area contributed by atoms with E-state index >= 15 is 0 Å². The molecule has 1 saturated heterocycles. The van der Waals surface area contributed by atoms with Crippen LogP contribution in [0.3, 0.4) is 0 Å². The van der Waals surface area contributed by atoms with E-state index in [-0.39, 0.29) is 5.91 Å². The van der Waals surface area contributed by atoms with Crippen molar-refractivity contribution in [2.45, 2.75) is 32.2 Å². The standard InChI is InChI=1S/C17H21NO4/c1-12(10-13-6-3-4-8-15(13)22-2)11-16(19)18-9-5-7-14(18)17(20)21/h3-4,6,8,11,14H,5,7,9-10H2,1-2H3,(H,20,21)/b12-11+/t14-/m1/s1. The molecular formula is C17H21NO4. The van der Waals surface area contributed by atoms with Gasteiger partial charge in [-0.3, -0.25) is 4.79 Å². The lowest BCUT2D eigenvalue weighted by Crippen LogP contribution is -2.39. The van der Waals surface area contributed by atoms with Gasteiger partial charge >= 0.3 is 5.97 Å². The summed E-state index contributed by atoms with van der Waals surface area (Å²) in [5, 5.41) is 9.14. The summed E-state index contributed by atoms with van der Waals surface area (Å²) in [6, 6.07) is 6.96. The van der Waals surface area contributed by atoms with Crippen molar-refractivity contribution in [1.82, 2.24) is 4.90 Å². The SMILES string of the molecule is COc1ccccc1C/C(C)=C/C(=O)N1CCC[C@@H]1C(=O)O. The summed E-state index contributed by atoms with van der Waals surface area (Å²) in [6.45, 7) is 2.38. The molecule has 1 heterocycles. The highest BCUT2D eigenvalue weighted by molar-refractivity contribution is 5.92. The molecule has 1 aliphatic heterocycles. The van der Waals surface area contributed by atoms with Crippen molar-refractivity contribution < 1.29 is 19.4 Å². The molecule has 118 valence electrons. The smallest absolute Gasteiger partial charge is 0.326 e. The number of amides is 1. The van der Waals surface area contributed by atoms with Crippen LogP contribution in [0.4, 0.5) is 0 Å². The van der Waals surface area contributed by atoms with Crippen molar-refractivity contribution in [2.75, 3.05) is 13.7 Å². The maximum atomic E-state index is 12.3. The zero-order chi connectivity index (χ0) is 16.1. The second-order valence-electron chi connectivity index (χ2n) is 5.51. The Balaban J connectivity index is 2.08. The molecule has 1 N–H and O–H groups in total. The molecule has 1 atom stereocenters. The Kier molecular flexibility index (Phi) is 5.20. The van der Waals surface area contributed by atoms with Gasteiger partial charge in [-0.25, -0.2) is 4.79 Å². The van der Waals surface area contributed by atoms with E-state index in [4.69, 9.17) is 9.84 Å². The van der Waals surface area contributed by atoms with E-state index in [2.05, 4.69) is 0 Å². The number of benzene rings is 1. The third-order valence-electron chi connectivity index (χ3n) is 3.85. The van der Waals surface area contributed by atoms with Crippen LogP contribution < -0.4 is 4.74 Å². The number of carbonyl (C=O) groups is 2. The summed E-state index contributed by atoms with van der Waals surface area (Å²) < 4.78 is 5.30. The largest absolute Gasteiger partial charge is 0.496 e. The normalized spacial score (nSPS) is 18.4. The van der Waals surface area contributed by atoms with Crippen LogP contribution in [0.15, 0.2) is 35.9 Å². The number of para-hydroxylation sites is 1. The topological polar surface area (TPSA) is 66.8 Å².